The van der Waals surface area contributed by atoms with Gasteiger partial charge >= 0.3 is 0 Å². The first-order chi connectivity index (χ1) is 11.1. The molecule has 1 fully saturated rings. The number of hydrogen-bond donors (Lipinski definition) is 1. The number of rotatable bonds is 4. The van der Waals surface area contributed by atoms with Gasteiger partial charge < -0.3 is 24.8 Å². The average Bonchev–Trinajstić information content (AvgIpc) is 2.60. The molecule has 1 aromatic carbocycles. The standard InChI is InChI=1S/C17H24N2O4/c1-19(13-4-7-15-16(10-13)22-9-8-21-15)17(20)11-23-14-5-2-12(18)3-6-14/h4,7,10,12,14H,2-3,5-6,8-9,11,18H2,1H3. The lowest BCUT2D eigenvalue weighted by Gasteiger charge is -2.27. The van der Waals surface area contributed by atoms with E-state index in [4.69, 9.17) is 19.9 Å². The SMILES string of the molecule is CN(C(=O)COC1CCC(N)CC1)c1ccc2c(c1)OCCO2. The number of likely N-dealkylation sites (N-methyl/N-ethyl adjacent to an activating group) is 1. The van der Waals surface area contributed by atoms with Crippen LogP contribution >= 0.6 is 0 Å². The topological polar surface area (TPSA) is 74.0 Å². The molecule has 2 aliphatic rings. The summed E-state index contributed by atoms with van der Waals surface area (Å²) in [6, 6.07) is 5.79. The van der Waals surface area contributed by atoms with Crippen LogP contribution in [0.5, 0.6) is 11.5 Å². The second-order valence-corrected chi connectivity index (χ2v) is 6.13. The first-order valence-corrected chi connectivity index (χ1v) is 8.17. The van der Waals surface area contributed by atoms with Crippen molar-refractivity contribution in [3.05, 3.63) is 18.2 Å². The molecule has 126 valence electrons. The number of fused-ring (bicyclic) bond motifs is 1. The summed E-state index contributed by atoms with van der Waals surface area (Å²) >= 11 is 0. The van der Waals surface area contributed by atoms with Crippen molar-refractivity contribution in [2.75, 3.05) is 31.8 Å². The number of ether oxygens (including phenoxy) is 3. The molecular weight excluding hydrogens is 296 g/mol. The number of benzene rings is 1. The van der Waals surface area contributed by atoms with Gasteiger partial charge in [-0.1, -0.05) is 0 Å². The van der Waals surface area contributed by atoms with Gasteiger partial charge in [-0.25, -0.2) is 0 Å². The zero-order valence-electron chi connectivity index (χ0n) is 13.5. The second-order valence-electron chi connectivity index (χ2n) is 6.13. The number of carbonyl (C=O) groups is 1. The number of carbonyl (C=O) groups excluding carboxylic acids is 1. The maximum Gasteiger partial charge on any atom is 0.252 e. The Morgan fingerprint density at radius 2 is 1.91 bits per heavy atom. The van der Waals surface area contributed by atoms with Gasteiger partial charge in [-0.3, -0.25) is 4.79 Å². The summed E-state index contributed by atoms with van der Waals surface area (Å²) in [7, 11) is 1.74. The van der Waals surface area contributed by atoms with Crippen LogP contribution in [0, 0.1) is 0 Å². The third kappa shape index (κ3) is 3.95. The third-order valence-electron chi connectivity index (χ3n) is 4.45. The van der Waals surface area contributed by atoms with Crippen molar-refractivity contribution in [3.8, 4) is 11.5 Å². The second kappa shape index (κ2) is 7.19. The molecule has 0 saturated heterocycles. The largest absolute Gasteiger partial charge is 0.486 e. The zero-order chi connectivity index (χ0) is 16.2. The van der Waals surface area contributed by atoms with Gasteiger partial charge in [0, 0.05) is 24.8 Å². The summed E-state index contributed by atoms with van der Waals surface area (Å²) in [5.74, 6) is 1.32. The molecule has 3 rings (SSSR count). The molecule has 1 aliphatic heterocycles. The lowest BCUT2D eigenvalue weighted by atomic mass is 9.94. The summed E-state index contributed by atoms with van der Waals surface area (Å²) in [5.41, 5.74) is 6.65. The van der Waals surface area contributed by atoms with Gasteiger partial charge in [0.05, 0.1) is 6.10 Å². The molecule has 2 N–H and O–H groups in total. The van der Waals surface area contributed by atoms with Crippen LogP contribution in [0.1, 0.15) is 25.7 Å². The molecule has 1 aromatic rings. The molecule has 0 unspecified atom stereocenters. The average molecular weight is 320 g/mol. The minimum absolute atomic E-state index is 0.0726. The fourth-order valence-electron chi connectivity index (χ4n) is 2.93. The van der Waals surface area contributed by atoms with E-state index in [0.717, 1.165) is 37.1 Å². The Labute approximate surface area is 136 Å². The van der Waals surface area contributed by atoms with Gasteiger partial charge in [0.25, 0.3) is 5.91 Å². The van der Waals surface area contributed by atoms with Crippen molar-refractivity contribution in [1.82, 2.24) is 0 Å². The zero-order valence-corrected chi connectivity index (χ0v) is 13.5. The lowest BCUT2D eigenvalue weighted by Crippen LogP contribution is -2.35. The van der Waals surface area contributed by atoms with E-state index in [9.17, 15) is 4.79 Å². The maximum atomic E-state index is 12.3. The van der Waals surface area contributed by atoms with Gasteiger partial charge in [-0.2, -0.15) is 0 Å². The van der Waals surface area contributed by atoms with Crippen LogP contribution < -0.4 is 20.1 Å². The van der Waals surface area contributed by atoms with E-state index < -0.39 is 0 Å². The Hall–Kier alpha value is -1.79. The van der Waals surface area contributed by atoms with E-state index in [1.165, 1.54) is 0 Å². The highest BCUT2D eigenvalue weighted by Gasteiger charge is 2.21. The van der Waals surface area contributed by atoms with Crippen molar-refractivity contribution >= 4 is 11.6 Å². The van der Waals surface area contributed by atoms with Crippen LogP contribution in [0.15, 0.2) is 18.2 Å². The smallest absolute Gasteiger partial charge is 0.252 e. The quantitative estimate of drug-likeness (QED) is 0.914. The van der Waals surface area contributed by atoms with Gasteiger partial charge in [0.2, 0.25) is 0 Å². The predicted molar refractivity (Wildman–Crippen MR) is 87.0 cm³/mol. The van der Waals surface area contributed by atoms with Crippen LogP contribution in [-0.2, 0) is 9.53 Å². The van der Waals surface area contributed by atoms with Gasteiger partial charge in [0.15, 0.2) is 11.5 Å². The highest BCUT2D eigenvalue weighted by atomic mass is 16.6. The summed E-state index contributed by atoms with van der Waals surface area (Å²) in [5, 5.41) is 0. The number of nitrogens with zero attached hydrogens (tertiary/aromatic N) is 1. The van der Waals surface area contributed by atoms with Crippen molar-refractivity contribution in [1.29, 1.82) is 0 Å². The summed E-state index contributed by atoms with van der Waals surface area (Å²) in [6.07, 6.45) is 3.95. The molecule has 1 saturated carbocycles. The van der Waals surface area contributed by atoms with Crippen LogP contribution in [-0.4, -0.2) is 44.9 Å². The molecule has 0 bridgehead atoms. The van der Waals surface area contributed by atoms with E-state index in [-0.39, 0.29) is 24.7 Å². The number of amides is 1. The van der Waals surface area contributed by atoms with Crippen molar-refractivity contribution in [2.24, 2.45) is 5.73 Å². The monoisotopic (exact) mass is 320 g/mol. The Bertz CT molecular complexity index is 556. The maximum absolute atomic E-state index is 12.3. The Morgan fingerprint density at radius 1 is 1.22 bits per heavy atom. The van der Waals surface area contributed by atoms with Gasteiger partial charge in [-0.15, -0.1) is 0 Å². The van der Waals surface area contributed by atoms with Gasteiger partial charge in [0.1, 0.15) is 19.8 Å². The molecule has 1 aliphatic carbocycles. The van der Waals surface area contributed by atoms with Crippen molar-refractivity contribution in [3.63, 3.8) is 0 Å². The Morgan fingerprint density at radius 3 is 2.65 bits per heavy atom. The van der Waals surface area contributed by atoms with E-state index in [0.29, 0.717) is 19.0 Å². The number of hydrogen-bond acceptors (Lipinski definition) is 5. The van der Waals surface area contributed by atoms with E-state index >= 15 is 0 Å². The van der Waals surface area contributed by atoms with Crippen LogP contribution in [0.2, 0.25) is 0 Å². The summed E-state index contributed by atoms with van der Waals surface area (Å²) < 4.78 is 16.8. The minimum Gasteiger partial charge on any atom is -0.486 e. The Balaban J connectivity index is 1.54. The molecule has 0 aromatic heterocycles. The predicted octanol–water partition coefficient (Wildman–Crippen LogP) is 1.71. The number of anilines is 1. The third-order valence-corrected chi connectivity index (χ3v) is 4.45. The van der Waals surface area contributed by atoms with Crippen LogP contribution in [0.25, 0.3) is 0 Å². The highest BCUT2D eigenvalue weighted by molar-refractivity contribution is 5.94. The van der Waals surface area contributed by atoms with Crippen molar-refractivity contribution < 1.29 is 19.0 Å². The molecule has 6 heteroatoms. The van der Waals surface area contributed by atoms with E-state index in [1.54, 1.807) is 11.9 Å². The fraction of sp³-hybridized carbons (Fsp3) is 0.588. The minimum atomic E-state index is -0.0726. The molecule has 23 heavy (non-hydrogen) atoms. The fourth-order valence-corrected chi connectivity index (χ4v) is 2.93. The summed E-state index contributed by atoms with van der Waals surface area (Å²) in [6.45, 7) is 1.17. The molecule has 0 spiro atoms. The van der Waals surface area contributed by atoms with Gasteiger partial charge in [-0.05, 0) is 37.8 Å². The lowest BCUT2D eigenvalue weighted by molar-refractivity contribution is -0.125. The van der Waals surface area contributed by atoms with E-state index in [2.05, 4.69) is 0 Å². The van der Waals surface area contributed by atoms with Crippen LogP contribution in [0.4, 0.5) is 5.69 Å². The molecule has 0 atom stereocenters. The van der Waals surface area contributed by atoms with Crippen LogP contribution in [0.3, 0.4) is 0 Å². The normalized spacial score (nSPS) is 23.4. The number of nitrogens with two attached hydrogens (primary N) is 1. The molecule has 1 heterocycles. The molecule has 1 amide bonds. The van der Waals surface area contributed by atoms with E-state index in [1.807, 2.05) is 18.2 Å². The molecule has 6 nitrogen and oxygen atoms in total. The highest BCUT2D eigenvalue weighted by Crippen LogP contribution is 2.33. The first-order valence-electron chi connectivity index (χ1n) is 8.17. The van der Waals surface area contributed by atoms with Crippen molar-refractivity contribution in [2.45, 2.75) is 37.8 Å². The first kappa shape index (κ1) is 16.1. The molecule has 0 radical (unpaired) electrons. The Kier molecular flexibility index (Phi) is 5.03. The molecular formula is C17H24N2O4. The summed E-state index contributed by atoms with van der Waals surface area (Å²) in [4.78, 5) is 13.9.